The maximum Gasteiger partial charge on any atom is 0.247 e. The van der Waals surface area contributed by atoms with Crippen LogP contribution in [0.4, 0.5) is 11.4 Å². The Balaban J connectivity index is 0.000000130. The molecular weight excluding hydrogens is 731 g/mol. The smallest absolute Gasteiger partial charge is 0.247 e. The Labute approximate surface area is 333 Å². The third-order valence-electron chi connectivity index (χ3n) is 9.41. The summed E-state index contributed by atoms with van der Waals surface area (Å²) in [6.45, 7) is 3.79. The molecule has 1 aliphatic rings. The molecule has 0 saturated heterocycles. The summed E-state index contributed by atoms with van der Waals surface area (Å²) in [6, 6.07) is 50.4. The number of sulfone groups is 1. The molecule has 6 aromatic carbocycles. The average Bonchev–Trinajstić information content (AvgIpc) is 3.92. The fraction of sp³-hybridized carbons (Fsp3) is 0.130. The van der Waals surface area contributed by atoms with E-state index in [1.165, 1.54) is 11.0 Å². The fourth-order valence-electron chi connectivity index (χ4n) is 6.42. The maximum atomic E-state index is 12.4. The lowest BCUT2D eigenvalue weighted by Crippen LogP contribution is -2.21. The molecule has 288 valence electrons. The number of imidazole rings is 2. The van der Waals surface area contributed by atoms with E-state index in [1.807, 2.05) is 135 Å². The van der Waals surface area contributed by atoms with Crippen molar-refractivity contribution in [2.45, 2.75) is 31.1 Å². The number of rotatable bonds is 2. The number of aromatic nitrogens is 6. The maximum absolute atomic E-state index is 12.4. The standard InChI is InChI=1S/C14H12N2.C13H11NO2S.C9H8N2O.C9H10N2.CH4/c1-16-13-10-6-5-9-12(13)15-14(16)11-7-3-2-4-8-11;1-14-10-6-2-4-8-12(10)17(15,16)13-9-5-3-7-11(13)14;1-7-10-11-9(12-7)8-5-3-2-4-6-8;1-7-10-8-5-3-4-6-9(8)11(7)2;/h2-10H,1H3;2-9H,1H3;2-6H,1H3;3-6H,1-2H3;1H4. The van der Waals surface area contributed by atoms with Gasteiger partial charge in [-0.2, -0.15) is 0 Å². The molecule has 10 nitrogen and oxygen atoms in total. The highest BCUT2D eigenvalue weighted by Crippen LogP contribution is 2.42. The lowest BCUT2D eigenvalue weighted by molar-refractivity contribution is 0.533. The summed E-state index contributed by atoms with van der Waals surface area (Å²) in [6.07, 6.45) is 0. The summed E-state index contributed by atoms with van der Waals surface area (Å²) in [5.41, 5.74) is 8.06. The summed E-state index contributed by atoms with van der Waals surface area (Å²) >= 11 is 0. The van der Waals surface area contributed by atoms with Gasteiger partial charge in [-0.05, 0) is 67.6 Å². The molecule has 0 bridgehead atoms. The summed E-state index contributed by atoms with van der Waals surface area (Å²) in [7, 11) is 2.59. The van der Waals surface area contributed by atoms with Gasteiger partial charge in [0.1, 0.15) is 11.6 Å². The van der Waals surface area contributed by atoms with Gasteiger partial charge >= 0.3 is 0 Å². The van der Waals surface area contributed by atoms with Crippen molar-refractivity contribution < 1.29 is 12.8 Å². The van der Waals surface area contributed by atoms with E-state index in [4.69, 9.17) is 4.42 Å². The van der Waals surface area contributed by atoms with Gasteiger partial charge in [-0.15, -0.1) is 10.2 Å². The van der Waals surface area contributed by atoms with Crippen LogP contribution in [0.15, 0.2) is 172 Å². The zero-order valence-electron chi connectivity index (χ0n) is 31.8. The van der Waals surface area contributed by atoms with Gasteiger partial charge in [-0.1, -0.05) is 104 Å². The van der Waals surface area contributed by atoms with E-state index in [9.17, 15) is 8.42 Å². The summed E-state index contributed by atoms with van der Waals surface area (Å²) in [5, 5.41) is 7.65. The molecule has 9 aromatic rings. The van der Waals surface area contributed by atoms with Crippen molar-refractivity contribution in [1.82, 2.24) is 29.3 Å². The summed E-state index contributed by atoms with van der Waals surface area (Å²) < 4.78 is 34.3. The van der Waals surface area contributed by atoms with Gasteiger partial charge in [0.05, 0.1) is 43.2 Å². The van der Waals surface area contributed by atoms with Gasteiger partial charge < -0.3 is 18.5 Å². The van der Waals surface area contributed by atoms with Crippen molar-refractivity contribution in [3.8, 4) is 22.8 Å². The highest BCUT2D eigenvalue weighted by atomic mass is 32.2. The van der Waals surface area contributed by atoms with E-state index < -0.39 is 9.84 Å². The van der Waals surface area contributed by atoms with Crippen molar-refractivity contribution >= 4 is 43.3 Å². The van der Waals surface area contributed by atoms with Gasteiger partial charge in [0, 0.05) is 39.2 Å². The van der Waals surface area contributed by atoms with Crippen molar-refractivity contribution in [3.05, 3.63) is 169 Å². The number of fused-ring (bicyclic) bond motifs is 4. The second-order valence-corrected chi connectivity index (χ2v) is 14.9. The van der Waals surface area contributed by atoms with Gasteiger partial charge in [0.25, 0.3) is 0 Å². The van der Waals surface area contributed by atoms with E-state index >= 15 is 0 Å². The third kappa shape index (κ3) is 8.39. The van der Waals surface area contributed by atoms with Crippen LogP contribution in [0.1, 0.15) is 19.1 Å². The number of nitrogens with zero attached hydrogens (tertiary/aromatic N) is 7. The van der Waals surface area contributed by atoms with Gasteiger partial charge in [-0.3, -0.25) is 0 Å². The first-order chi connectivity index (χ1) is 27.1. The van der Waals surface area contributed by atoms with Crippen molar-refractivity contribution in [1.29, 1.82) is 0 Å². The monoisotopic (exact) mass is 775 g/mol. The first kappa shape index (κ1) is 39.8. The number of hydrogen-bond acceptors (Lipinski definition) is 8. The lowest BCUT2D eigenvalue weighted by atomic mass is 10.2. The Bertz CT molecular complexity index is 2790. The quantitative estimate of drug-likeness (QED) is 0.171. The van der Waals surface area contributed by atoms with Crippen LogP contribution in [0.5, 0.6) is 0 Å². The summed E-state index contributed by atoms with van der Waals surface area (Å²) in [5.74, 6) is 3.25. The second-order valence-electron chi connectivity index (χ2n) is 13.0. The zero-order valence-corrected chi connectivity index (χ0v) is 32.6. The fourth-order valence-corrected chi connectivity index (χ4v) is 8.14. The van der Waals surface area contributed by atoms with E-state index in [2.05, 4.69) is 60.6 Å². The molecule has 11 heteroatoms. The number of anilines is 2. The van der Waals surface area contributed by atoms with Crippen LogP contribution < -0.4 is 4.90 Å². The molecule has 0 aliphatic carbocycles. The Morgan fingerprint density at radius 2 is 0.965 bits per heavy atom. The van der Waals surface area contributed by atoms with Gasteiger partial charge in [0.15, 0.2) is 0 Å². The number of hydrogen-bond donors (Lipinski definition) is 0. The normalized spacial score (nSPS) is 12.1. The molecule has 0 fully saturated rings. The molecule has 3 aromatic heterocycles. The SMILES string of the molecule is C.CN1c2ccccc2S(=O)(=O)c2ccccc21.Cc1nc2ccccc2n1C.Cc1nnc(-c2ccccc2)o1.Cn1c(-c2ccccc2)nc2ccccc21. The van der Waals surface area contributed by atoms with Crippen LogP contribution in [-0.4, -0.2) is 44.8 Å². The number of benzene rings is 6. The van der Waals surface area contributed by atoms with Crippen LogP contribution in [0, 0.1) is 13.8 Å². The lowest BCUT2D eigenvalue weighted by Gasteiger charge is -2.29. The number of para-hydroxylation sites is 6. The molecule has 0 spiro atoms. The van der Waals surface area contributed by atoms with Crippen LogP contribution in [0.2, 0.25) is 0 Å². The van der Waals surface area contributed by atoms with Crippen molar-refractivity contribution in [3.63, 3.8) is 0 Å². The van der Waals surface area contributed by atoms with Crippen LogP contribution in [-0.2, 0) is 23.9 Å². The predicted molar refractivity (Wildman–Crippen MR) is 229 cm³/mol. The van der Waals surface area contributed by atoms with E-state index in [1.54, 1.807) is 31.2 Å². The zero-order chi connectivity index (χ0) is 39.2. The Morgan fingerprint density at radius 1 is 0.509 bits per heavy atom. The topological polar surface area (TPSA) is 112 Å². The molecule has 0 unspecified atom stereocenters. The van der Waals surface area contributed by atoms with E-state index in [-0.39, 0.29) is 7.43 Å². The highest BCUT2D eigenvalue weighted by Gasteiger charge is 2.31. The Morgan fingerprint density at radius 3 is 1.47 bits per heavy atom. The molecular formula is C46H45N7O3S. The van der Waals surface area contributed by atoms with E-state index in [0.717, 1.165) is 45.2 Å². The largest absolute Gasteiger partial charge is 0.421 e. The van der Waals surface area contributed by atoms with Crippen LogP contribution >= 0.6 is 0 Å². The van der Waals surface area contributed by atoms with Gasteiger partial charge in [-0.25, -0.2) is 18.4 Å². The molecule has 4 heterocycles. The Kier molecular flexibility index (Phi) is 12.1. The second kappa shape index (κ2) is 17.3. The minimum Gasteiger partial charge on any atom is -0.421 e. The van der Waals surface area contributed by atoms with Crippen LogP contribution in [0.25, 0.3) is 44.9 Å². The molecule has 57 heavy (non-hydrogen) atoms. The Hall–Kier alpha value is -6.85. The molecule has 0 atom stereocenters. The summed E-state index contributed by atoms with van der Waals surface area (Å²) in [4.78, 5) is 11.7. The first-order valence-corrected chi connectivity index (χ1v) is 19.5. The average molecular weight is 776 g/mol. The minimum absolute atomic E-state index is 0. The van der Waals surface area contributed by atoms with Crippen molar-refractivity contribution in [2.75, 3.05) is 11.9 Å². The number of aryl methyl sites for hydroxylation is 4. The van der Waals surface area contributed by atoms with Crippen LogP contribution in [0.3, 0.4) is 0 Å². The highest BCUT2D eigenvalue weighted by molar-refractivity contribution is 7.92. The predicted octanol–water partition coefficient (Wildman–Crippen LogP) is 10.4. The molecule has 1 aliphatic heterocycles. The molecule has 0 saturated carbocycles. The molecule has 0 N–H and O–H groups in total. The minimum atomic E-state index is -3.38. The van der Waals surface area contributed by atoms with E-state index in [0.29, 0.717) is 21.6 Å². The third-order valence-corrected chi connectivity index (χ3v) is 11.3. The molecule has 0 radical (unpaired) electrons. The molecule has 10 rings (SSSR count). The van der Waals surface area contributed by atoms with Crippen molar-refractivity contribution in [2.24, 2.45) is 14.1 Å². The first-order valence-electron chi connectivity index (χ1n) is 18.0. The molecule has 0 amide bonds. The van der Waals surface area contributed by atoms with Gasteiger partial charge in [0.2, 0.25) is 21.6 Å².